The van der Waals surface area contributed by atoms with E-state index in [-0.39, 0.29) is 10.5 Å². The van der Waals surface area contributed by atoms with Gasteiger partial charge in [0.2, 0.25) is 0 Å². The first-order valence-electron chi connectivity index (χ1n) is 5.35. The van der Waals surface area contributed by atoms with Gasteiger partial charge >= 0.3 is 6.18 Å². The maximum atomic E-state index is 12.0. The first kappa shape index (κ1) is 16.4. The molecule has 0 aliphatic heterocycles. The van der Waals surface area contributed by atoms with Crippen molar-refractivity contribution in [3.63, 3.8) is 0 Å². The highest BCUT2D eigenvalue weighted by Gasteiger charge is 2.38. The Morgan fingerprint density at radius 2 is 2.00 bits per heavy atom. The molecule has 1 atom stereocenters. The maximum absolute atomic E-state index is 12.0. The number of hydrogen-bond acceptors (Lipinski definition) is 4. The summed E-state index contributed by atoms with van der Waals surface area (Å²) in [7, 11) is -3.52. The van der Waals surface area contributed by atoms with Gasteiger partial charge in [-0.3, -0.25) is 4.79 Å². The Kier molecular flexibility index (Phi) is 4.77. The molecule has 20 heavy (non-hydrogen) atoms. The van der Waals surface area contributed by atoms with Crippen molar-refractivity contribution in [1.82, 2.24) is 5.32 Å². The van der Waals surface area contributed by atoms with Gasteiger partial charge in [0.15, 0.2) is 15.9 Å². The van der Waals surface area contributed by atoms with Crippen molar-refractivity contribution in [2.45, 2.75) is 17.2 Å². The van der Waals surface area contributed by atoms with Crippen LogP contribution in [0.2, 0.25) is 0 Å². The zero-order valence-corrected chi connectivity index (χ0v) is 11.1. The molecule has 0 spiro atoms. The van der Waals surface area contributed by atoms with Crippen molar-refractivity contribution in [3.05, 3.63) is 29.8 Å². The second-order valence-corrected chi connectivity index (χ2v) is 6.08. The number of aliphatic hydroxyl groups excluding tert-OH is 1. The van der Waals surface area contributed by atoms with Gasteiger partial charge in [0.05, 0.1) is 11.4 Å². The standard InChI is InChI=1S/C11H12F3NO4S/c1-20(18,19)8-4-2-3-7(5-8)10(17)15-6-9(16)11(12,13)14/h2-5,9,16H,6H2,1H3,(H,15,17). The van der Waals surface area contributed by atoms with E-state index >= 15 is 0 Å². The van der Waals surface area contributed by atoms with E-state index in [2.05, 4.69) is 0 Å². The Hall–Kier alpha value is -1.61. The average molecular weight is 311 g/mol. The van der Waals surface area contributed by atoms with E-state index in [0.29, 0.717) is 0 Å². The molecule has 1 rings (SSSR count). The molecular formula is C11H12F3NO4S. The van der Waals surface area contributed by atoms with Crippen molar-refractivity contribution in [3.8, 4) is 0 Å². The van der Waals surface area contributed by atoms with Crippen LogP contribution in [0.3, 0.4) is 0 Å². The van der Waals surface area contributed by atoms with E-state index in [9.17, 15) is 26.4 Å². The van der Waals surface area contributed by atoms with Crippen molar-refractivity contribution in [2.24, 2.45) is 0 Å². The van der Waals surface area contributed by atoms with E-state index in [1.54, 1.807) is 0 Å². The summed E-state index contributed by atoms with van der Waals surface area (Å²) in [6.07, 6.45) is -6.57. The van der Waals surface area contributed by atoms with Gasteiger partial charge in [-0.1, -0.05) is 6.07 Å². The Morgan fingerprint density at radius 1 is 1.40 bits per heavy atom. The van der Waals surface area contributed by atoms with Crippen LogP contribution in [0.5, 0.6) is 0 Å². The first-order chi connectivity index (χ1) is 9.01. The zero-order valence-electron chi connectivity index (χ0n) is 10.3. The van der Waals surface area contributed by atoms with Gasteiger partial charge in [-0.25, -0.2) is 8.42 Å². The number of nitrogens with one attached hydrogen (secondary N) is 1. The summed E-state index contributed by atoms with van der Waals surface area (Å²) in [6.45, 7) is -1.01. The molecule has 1 unspecified atom stereocenters. The number of hydrogen-bond donors (Lipinski definition) is 2. The molecule has 5 nitrogen and oxygen atoms in total. The fourth-order valence-electron chi connectivity index (χ4n) is 1.28. The van der Waals surface area contributed by atoms with Gasteiger partial charge in [0, 0.05) is 11.8 Å². The molecule has 0 aliphatic carbocycles. The molecule has 1 aromatic rings. The summed E-state index contributed by atoms with van der Waals surface area (Å²) in [5.74, 6) is -0.904. The number of carbonyl (C=O) groups excluding carboxylic acids is 1. The van der Waals surface area contributed by atoms with Crippen LogP contribution < -0.4 is 5.32 Å². The van der Waals surface area contributed by atoms with Gasteiger partial charge in [0.25, 0.3) is 5.91 Å². The monoisotopic (exact) mass is 311 g/mol. The molecule has 1 aromatic carbocycles. The summed E-state index contributed by atoms with van der Waals surface area (Å²) in [5.41, 5.74) is -0.109. The zero-order chi connectivity index (χ0) is 15.6. The molecule has 0 saturated heterocycles. The van der Waals surface area contributed by atoms with Crippen LogP contribution in [0.4, 0.5) is 13.2 Å². The molecule has 0 fully saturated rings. The van der Waals surface area contributed by atoms with Crippen LogP contribution in [0, 0.1) is 0 Å². The van der Waals surface area contributed by atoms with E-state index < -0.39 is 34.6 Å². The summed E-state index contributed by atoms with van der Waals surface area (Å²) < 4.78 is 58.7. The number of amides is 1. The van der Waals surface area contributed by atoms with Crippen LogP contribution in [0.15, 0.2) is 29.2 Å². The van der Waals surface area contributed by atoms with Crippen molar-refractivity contribution >= 4 is 15.7 Å². The van der Waals surface area contributed by atoms with E-state index in [1.807, 2.05) is 5.32 Å². The number of carbonyl (C=O) groups is 1. The molecule has 0 radical (unpaired) electrons. The summed E-state index contributed by atoms with van der Waals surface area (Å²) >= 11 is 0. The third-order valence-corrected chi connectivity index (χ3v) is 3.47. The maximum Gasteiger partial charge on any atom is 0.416 e. The summed E-state index contributed by atoms with van der Waals surface area (Å²) in [4.78, 5) is 11.4. The molecule has 9 heteroatoms. The molecule has 2 N–H and O–H groups in total. The molecule has 0 aliphatic rings. The van der Waals surface area contributed by atoms with Crippen molar-refractivity contribution in [2.75, 3.05) is 12.8 Å². The Bertz CT molecular complexity index is 598. The smallest absolute Gasteiger partial charge is 0.382 e. The quantitative estimate of drug-likeness (QED) is 0.859. The minimum absolute atomic E-state index is 0.109. The first-order valence-corrected chi connectivity index (χ1v) is 7.24. The molecule has 0 saturated carbocycles. The second-order valence-electron chi connectivity index (χ2n) is 4.07. The Balaban J connectivity index is 2.79. The lowest BCUT2D eigenvalue weighted by Gasteiger charge is -2.15. The lowest BCUT2D eigenvalue weighted by molar-refractivity contribution is -0.201. The highest BCUT2D eigenvalue weighted by Crippen LogP contribution is 2.19. The van der Waals surface area contributed by atoms with E-state index in [1.165, 1.54) is 18.2 Å². The Labute approximate surface area is 113 Å². The number of benzene rings is 1. The van der Waals surface area contributed by atoms with Crippen LogP contribution in [0.1, 0.15) is 10.4 Å². The molecule has 112 valence electrons. The topological polar surface area (TPSA) is 83.5 Å². The van der Waals surface area contributed by atoms with Crippen molar-refractivity contribution in [1.29, 1.82) is 0 Å². The minimum atomic E-state index is -4.83. The van der Waals surface area contributed by atoms with Crippen LogP contribution in [-0.2, 0) is 9.84 Å². The van der Waals surface area contributed by atoms with Gasteiger partial charge in [-0.15, -0.1) is 0 Å². The average Bonchev–Trinajstić information content (AvgIpc) is 2.33. The van der Waals surface area contributed by atoms with Gasteiger partial charge in [0.1, 0.15) is 0 Å². The van der Waals surface area contributed by atoms with Gasteiger partial charge in [-0.2, -0.15) is 13.2 Å². The fraction of sp³-hybridized carbons (Fsp3) is 0.364. The molecule has 1 amide bonds. The highest BCUT2D eigenvalue weighted by molar-refractivity contribution is 7.90. The lowest BCUT2D eigenvalue weighted by Crippen LogP contribution is -2.40. The van der Waals surface area contributed by atoms with E-state index in [0.717, 1.165) is 12.3 Å². The second kappa shape index (κ2) is 5.80. The number of halogens is 3. The van der Waals surface area contributed by atoms with Gasteiger partial charge in [-0.05, 0) is 18.2 Å². The number of rotatable bonds is 4. The molecule has 0 aromatic heterocycles. The SMILES string of the molecule is CS(=O)(=O)c1cccc(C(=O)NCC(O)C(F)(F)F)c1. The van der Waals surface area contributed by atoms with Crippen molar-refractivity contribution < 1.29 is 31.5 Å². The summed E-state index contributed by atoms with van der Waals surface area (Å²) in [5, 5.41) is 10.6. The normalized spacial score (nSPS) is 13.8. The number of sulfone groups is 1. The third-order valence-electron chi connectivity index (χ3n) is 2.36. The minimum Gasteiger partial charge on any atom is -0.382 e. The fourth-order valence-corrected chi connectivity index (χ4v) is 1.94. The van der Waals surface area contributed by atoms with E-state index in [4.69, 9.17) is 5.11 Å². The predicted octanol–water partition coefficient (Wildman–Crippen LogP) is 0.743. The predicted molar refractivity (Wildman–Crippen MR) is 63.9 cm³/mol. The van der Waals surface area contributed by atoms with Crippen LogP contribution in [-0.4, -0.2) is 44.5 Å². The highest BCUT2D eigenvalue weighted by atomic mass is 32.2. The molecular weight excluding hydrogens is 299 g/mol. The third kappa shape index (κ3) is 4.49. The van der Waals surface area contributed by atoms with Gasteiger partial charge < -0.3 is 10.4 Å². The van der Waals surface area contributed by atoms with Crippen LogP contribution >= 0.6 is 0 Å². The largest absolute Gasteiger partial charge is 0.416 e. The Morgan fingerprint density at radius 3 is 2.50 bits per heavy atom. The molecule has 0 heterocycles. The number of aliphatic hydroxyl groups is 1. The van der Waals surface area contributed by atoms with Crippen LogP contribution in [0.25, 0.3) is 0 Å². The lowest BCUT2D eigenvalue weighted by atomic mass is 10.2. The summed E-state index contributed by atoms with van der Waals surface area (Å²) in [6, 6.07) is 4.86. The number of alkyl halides is 3. The molecule has 0 bridgehead atoms.